The summed E-state index contributed by atoms with van der Waals surface area (Å²) in [6.45, 7) is 5.80. The third kappa shape index (κ3) is 3.13. The molecular weight excluding hydrogens is 352 g/mol. The zero-order valence-electron chi connectivity index (χ0n) is 16.6. The van der Waals surface area contributed by atoms with E-state index in [2.05, 4.69) is 20.1 Å². The molecule has 0 unspecified atom stereocenters. The van der Waals surface area contributed by atoms with Gasteiger partial charge < -0.3 is 9.30 Å². The van der Waals surface area contributed by atoms with Gasteiger partial charge in [0.05, 0.1) is 11.4 Å². The van der Waals surface area contributed by atoms with Gasteiger partial charge in [-0.2, -0.15) is 0 Å². The molecule has 0 aliphatic rings. The summed E-state index contributed by atoms with van der Waals surface area (Å²) in [5.74, 6) is 0.655. The van der Waals surface area contributed by atoms with Crippen LogP contribution in [0.3, 0.4) is 0 Å². The van der Waals surface area contributed by atoms with Gasteiger partial charge in [-0.15, -0.1) is 5.10 Å². The standard InChI is InChI=1S/C20H22N8/c1-6-21-16(11-26(4)5)17-12-27-8-7-15(9-18(27)23-17)19-24-20-14(3)22-10-13(2)28(20)25-19/h6-12H,1-5H3/b16-11-,21-6?. The number of imidazole rings is 1. The summed E-state index contributed by atoms with van der Waals surface area (Å²) >= 11 is 0. The fraction of sp³-hybridized carbons (Fsp3) is 0.250. The van der Waals surface area contributed by atoms with E-state index in [0.717, 1.165) is 39.6 Å². The Kier molecular flexibility index (Phi) is 4.38. The van der Waals surface area contributed by atoms with Crippen LogP contribution in [0.4, 0.5) is 0 Å². The first-order valence-electron chi connectivity index (χ1n) is 9.01. The van der Waals surface area contributed by atoms with Gasteiger partial charge in [0.2, 0.25) is 0 Å². The smallest absolute Gasteiger partial charge is 0.182 e. The molecule has 8 heteroatoms. The Bertz CT molecular complexity index is 1190. The SMILES string of the molecule is CC=N/C(=C\N(C)C)c1cn2ccc(-c3nc4c(C)ncc(C)n4n3)cc2n1. The highest BCUT2D eigenvalue weighted by atomic mass is 15.3. The lowest BCUT2D eigenvalue weighted by molar-refractivity contribution is 0.565. The molecule has 4 aromatic rings. The van der Waals surface area contributed by atoms with Crippen LogP contribution in [0.2, 0.25) is 0 Å². The summed E-state index contributed by atoms with van der Waals surface area (Å²) in [5, 5.41) is 4.65. The molecule has 0 saturated carbocycles. The van der Waals surface area contributed by atoms with E-state index in [-0.39, 0.29) is 0 Å². The molecule has 0 atom stereocenters. The summed E-state index contributed by atoms with van der Waals surface area (Å²) in [5.41, 5.74) is 5.90. The monoisotopic (exact) mass is 374 g/mol. The number of aryl methyl sites for hydroxylation is 2. The van der Waals surface area contributed by atoms with E-state index in [9.17, 15) is 0 Å². The van der Waals surface area contributed by atoms with Crippen LogP contribution >= 0.6 is 0 Å². The number of hydrogen-bond donors (Lipinski definition) is 0. The van der Waals surface area contributed by atoms with Crippen molar-refractivity contribution in [2.75, 3.05) is 14.1 Å². The summed E-state index contributed by atoms with van der Waals surface area (Å²) in [6, 6.07) is 3.98. The number of fused-ring (bicyclic) bond motifs is 2. The minimum absolute atomic E-state index is 0.655. The van der Waals surface area contributed by atoms with Gasteiger partial charge in [0.15, 0.2) is 11.5 Å². The van der Waals surface area contributed by atoms with Gasteiger partial charge in [-0.3, -0.25) is 9.98 Å². The van der Waals surface area contributed by atoms with Crippen LogP contribution in [-0.4, -0.2) is 54.2 Å². The van der Waals surface area contributed by atoms with Gasteiger partial charge in [-0.25, -0.2) is 14.5 Å². The van der Waals surface area contributed by atoms with Crippen molar-refractivity contribution in [1.82, 2.24) is 33.9 Å². The number of aromatic nitrogens is 6. The van der Waals surface area contributed by atoms with Gasteiger partial charge in [-0.1, -0.05) is 0 Å². The molecule has 28 heavy (non-hydrogen) atoms. The first-order valence-corrected chi connectivity index (χ1v) is 9.01. The average Bonchev–Trinajstić information content (AvgIpc) is 3.28. The van der Waals surface area contributed by atoms with Crippen LogP contribution in [0.25, 0.3) is 28.4 Å². The Morgan fingerprint density at radius 1 is 1.21 bits per heavy atom. The van der Waals surface area contributed by atoms with E-state index in [1.165, 1.54) is 0 Å². The Morgan fingerprint density at radius 2 is 2.04 bits per heavy atom. The molecule has 142 valence electrons. The first-order chi connectivity index (χ1) is 13.5. The fourth-order valence-corrected chi connectivity index (χ4v) is 3.01. The van der Waals surface area contributed by atoms with Crippen LogP contribution in [0.5, 0.6) is 0 Å². The number of pyridine rings is 1. The Labute approximate surface area is 162 Å². The zero-order valence-corrected chi connectivity index (χ0v) is 16.6. The van der Waals surface area contributed by atoms with E-state index < -0.39 is 0 Å². The first kappa shape index (κ1) is 17.8. The van der Waals surface area contributed by atoms with Crippen molar-refractivity contribution in [3.63, 3.8) is 0 Å². The van der Waals surface area contributed by atoms with E-state index in [0.29, 0.717) is 5.82 Å². The number of aliphatic imine (C=N–C) groups is 1. The van der Waals surface area contributed by atoms with Crippen LogP contribution < -0.4 is 0 Å². The lowest BCUT2D eigenvalue weighted by Crippen LogP contribution is -2.02. The zero-order chi connectivity index (χ0) is 19.8. The summed E-state index contributed by atoms with van der Waals surface area (Å²) in [7, 11) is 3.93. The Hall–Kier alpha value is -3.55. The molecule has 4 aromatic heterocycles. The van der Waals surface area contributed by atoms with Gasteiger partial charge >= 0.3 is 0 Å². The van der Waals surface area contributed by atoms with E-state index in [4.69, 9.17) is 4.98 Å². The van der Waals surface area contributed by atoms with Gasteiger partial charge in [0.25, 0.3) is 0 Å². The lowest BCUT2D eigenvalue weighted by atomic mass is 10.2. The minimum Gasteiger partial charge on any atom is -0.382 e. The van der Waals surface area contributed by atoms with E-state index in [1.807, 2.05) is 79.4 Å². The van der Waals surface area contributed by atoms with Crippen LogP contribution in [0.1, 0.15) is 24.0 Å². The molecule has 0 N–H and O–H groups in total. The lowest BCUT2D eigenvalue weighted by Gasteiger charge is -2.05. The summed E-state index contributed by atoms with van der Waals surface area (Å²) < 4.78 is 3.80. The number of hydrogen-bond acceptors (Lipinski definition) is 6. The molecule has 0 fully saturated rings. The highest BCUT2D eigenvalue weighted by Gasteiger charge is 2.13. The van der Waals surface area contributed by atoms with Crippen molar-refractivity contribution in [2.45, 2.75) is 20.8 Å². The normalized spacial score (nSPS) is 12.5. The third-order valence-electron chi connectivity index (χ3n) is 4.34. The van der Waals surface area contributed by atoms with Crippen LogP contribution in [-0.2, 0) is 0 Å². The van der Waals surface area contributed by atoms with Gasteiger partial charge in [0, 0.05) is 50.7 Å². The highest BCUT2D eigenvalue weighted by Crippen LogP contribution is 2.22. The van der Waals surface area contributed by atoms with Crippen molar-refractivity contribution in [2.24, 2.45) is 4.99 Å². The molecular formula is C20H22N8. The number of nitrogens with zero attached hydrogens (tertiary/aromatic N) is 8. The molecule has 0 amide bonds. The quantitative estimate of drug-likeness (QED) is 0.513. The van der Waals surface area contributed by atoms with E-state index >= 15 is 0 Å². The van der Waals surface area contributed by atoms with Crippen molar-refractivity contribution >= 4 is 23.2 Å². The number of rotatable bonds is 4. The van der Waals surface area contributed by atoms with Crippen molar-refractivity contribution in [3.8, 4) is 11.4 Å². The Morgan fingerprint density at radius 3 is 2.75 bits per heavy atom. The second-order valence-corrected chi connectivity index (χ2v) is 6.83. The molecule has 0 radical (unpaired) electrons. The van der Waals surface area contributed by atoms with Crippen molar-refractivity contribution in [1.29, 1.82) is 0 Å². The summed E-state index contributed by atoms with van der Waals surface area (Å²) in [4.78, 5) is 20.2. The predicted molar refractivity (Wildman–Crippen MR) is 110 cm³/mol. The predicted octanol–water partition coefficient (Wildman–Crippen LogP) is 3.01. The Balaban J connectivity index is 1.80. The minimum atomic E-state index is 0.655. The molecule has 0 aromatic carbocycles. The summed E-state index contributed by atoms with van der Waals surface area (Å²) in [6.07, 6.45) is 9.46. The molecule has 4 heterocycles. The highest BCUT2D eigenvalue weighted by molar-refractivity contribution is 5.73. The molecule has 0 bridgehead atoms. The van der Waals surface area contributed by atoms with E-state index in [1.54, 1.807) is 12.4 Å². The van der Waals surface area contributed by atoms with Crippen molar-refractivity contribution < 1.29 is 0 Å². The third-order valence-corrected chi connectivity index (χ3v) is 4.34. The second kappa shape index (κ2) is 6.88. The van der Waals surface area contributed by atoms with Crippen molar-refractivity contribution in [3.05, 3.63) is 54.0 Å². The van der Waals surface area contributed by atoms with Crippen LogP contribution in [0, 0.1) is 13.8 Å². The molecule has 8 nitrogen and oxygen atoms in total. The molecule has 4 rings (SSSR count). The molecule has 0 aliphatic carbocycles. The molecule has 0 spiro atoms. The maximum absolute atomic E-state index is 4.74. The maximum Gasteiger partial charge on any atom is 0.182 e. The maximum atomic E-state index is 4.74. The molecule has 0 saturated heterocycles. The fourth-order valence-electron chi connectivity index (χ4n) is 3.01. The average molecular weight is 374 g/mol. The van der Waals surface area contributed by atoms with Crippen LogP contribution in [0.15, 0.2) is 41.9 Å². The van der Waals surface area contributed by atoms with Gasteiger partial charge in [0.1, 0.15) is 17.0 Å². The topological polar surface area (TPSA) is 76.0 Å². The largest absolute Gasteiger partial charge is 0.382 e. The molecule has 0 aliphatic heterocycles. The van der Waals surface area contributed by atoms with Gasteiger partial charge in [-0.05, 0) is 32.9 Å². The second-order valence-electron chi connectivity index (χ2n) is 6.83.